The fraction of sp³-hybridized carbons (Fsp3) is 0.526. The van der Waals surface area contributed by atoms with E-state index in [4.69, 9.17) is 4.74 Å². The smallest absolute Gasteiger partial charge is 0.310 e. The Morgan fingerprint density at radius 3 is 2.29 bits per heavy atom. The molecule has 1 aromatic rings. The minimum absolute atomic E-state index is 0.00214. The van der Waals surface area contributed by atoms with Gasteiger partial charge in [-0.1, -0.05) is 56.7 Å². The fourth-order valence-corrected chi connectivity index (χ4v) is 2.91. The maximum atomic E-state index is 12.3. The van der Waals surface area contributed by atoms with Gasteiger partial charge in [-0.2, -0.15) is 0 Å². The van der Waals surface area contributed by atoms with Gasteiger partial charge < -0.3 is 4.74 Å². The Morgan fingerprint density at radius 2 is 1.76 bits per heavy atom. The zero-order chi connectivity index (χ0) is 15.6. The van der Waals surface area contributed by atoms with Gasteiger partial charge in [0, 0.05) is 0 Å². The highest BCUT2D eigenvalue weighted by Crippen LogP contribution is 2.59. The van der Waals surface area contributed by atoms with Gasteiger partial charge in [0.15, 0.2) is 0 Å². The highest BCUT2D eigenvalue weighted by molar-refractivity contribution is 5.78. The molecule has 2 nitrogen and oxygen atoms in total. The average molecular weight is 286 g/mol. The van der Waals surface area contributed by atoms with E-state index in [1.807, 2.05) is 12.1 Å². The van der Waals surface area contributed by atoms with Crippen LogP contribution in [0.15, 0.2) is 35.9 Å². The molecule has 1 aliphatic carbocycles. The highest BCUT2D eigenvalue weighted by Gasteiger charge is 2.61. The monoisotopic (exact) mass is 286 g/mol. The number of ether oxygens (including phenoxy) is 1. The van der Waals surface area contributed by atoms with E-state index in [1.54, 1.807) is 0 Å². The van der Waals surface area contributed by atoms with Crippen LogP contribution >= 0.6 is 0 Å². The molecule has 0 radical (unpaired) electrons. The standard InChI is InChI=1S/C19H26O2/c1-6-14-7-9-15(10-8-14)12-21-18(20)17-16(11-13(2)3)19(17,4)5/h7-11,16-17H,6,12H2,1-5H3. The summed E-state index contributed by atoms with van der Waals surface area (Å²) in [6.45, 7) is 10.9. The van der Waals surface area contributed by atoms with Gasteiger partial charge in [0.05, 0.1) is 5.92 Å². The molecule has 0 N–H and O–H groups in total. The van der Waals surface area contributed by atoms with E-state index in [0.717, 1.165) is 12.0 Å². The van der Waals surface area contributed by atoms with Gasteiger partial charge in [-0.05, 0) is 42.7 Å². The second-order valence-electron chi connectivity index (χ2n) is 6.85. The molecule has 0 bridgehead atoms. The van der Waals surface area contributed by atoms with Gasteiger partial charge in [0.2, 0.25) is 0 Å². The summed E-state index contributed by atoms with van der Waals surface area (Å²) in [5.74, 6) is 0.252. The van der Waals surface area contributed by atoms with Crippen LogP contribution in [0, 0.1) is 17.3 Å². The summed E-state index contributed by atoms with van der Waals surface area (Å²) in [6.07, 6.45) is 3.22. The van der Waals surface area contributed by atoms with Gasteiger partial charge in [-0.3, -0.25) is 4.79 Å². The van der Waals surface area contributed by atoms with Gasteiger partial charge in [-0.25, -0.2) is 0 Å². The van der Waals surface area contributed by atoms with Gasteiger partial charge in [-0.15, -0.1) is 0 Å². The van der Waals surface area contributed by atoms with Crippen molar-refractivity contribution in [2.45, 2.75) is 47.6 Å². The maximum absolute atomic E-state index is 12.3. The molecule has 1 aliphatic rings. The van der Waals surface area contributed by atoms with Crippen molar-refractivity contribution in [2.24, 2.45) is 17.3 Å². The first-order valence-electron chi connectivity index (χ1n) is 7.75. The van der Waals surface area contributed by atoms with Crippen molar-refractivity contribution in [1.82, 2.24) is 0 Å². The quantitative estimate of drug-likeness (QED) is 0.587. The second-order valence-corrected chi connectivity index (χ2v) is 6.85. The SMILES string of the molecule is CCc1ccc(COC(=O)C2C(C=C(C)C)C2(C)C)cc1. The predicted molar refractivity (Wildman–Crippen MR) is 85.8 cm³/mol. The summed E-state index contributed by atoms with van der Waals surface area (Å²) in [4.78, 5) is 12.3. The van der Waals surface area contributed by atoms with Crippen LogP contribution in [0.1, 0.15) is 45.7 Å². The molecule has 0 aliphatic heterocycles. The molecular formula is C19H26O2. The van der Waals surface area contributed by atoms with Crippen LogP contribution in [0.4, 0.5) is 0 Å². The summed E-state index contributed by atoms with van der Waals surface area (Å²) >= 11 is 0. The van der Waals surface area contributed by atoms with Gasteiger partial charge in [0.25, 0.3) is 0 Å². The topological polar surface area (TPSA) is 26.3 Å². The Balaban J connectivity index is 1.92. The molecule has 1 fully saturated rings. The zero-order valence-corrected chi connectivity index (χ0v) is 13.8. The Bertz CT molecular complexity index is 533. The van der Waals surface area contributed by atoms with Crippen LogP contribution in [-0.2, 0) is 22.6 Å². The third-order valence-electron chi connectivity index (χ3n) is 4.49. The number of carbonyl (C=O) groups is 1. The van der Waals surface area contributed by atoms with Crippen molar-refractivity contribution in [2.75, 3.05) is 0 Å². The Hall–Kier alpha value is -1.57. The zero-order valence-electron chi connectivity index (χ0n) is 13.8. The normalized spacial score (nSPS) is 22.5. The first-order chi connectivity index (χ1) is 9.86. The van der Waals surface area contributed by atoms with Crippen LogP contribution < -0.4 is 0 Å². The lowest BCUT2D eigenvalue weighted by Crippen LogP contribution is -2.10. The van der Waals surface area contributed by atoms with Crippen LogP contribution in [0.5, 0.6) is 0 Å². The third kappa shape index (κ3) is 3.55. The fourth-order valence-electron chi connectivity index (χ4n) is 2.91. The third-order valence-corrected chi connectivity index (χ3v) is 4.49. The lowest BCUT2D eigenvalue weighted by molar-refractivity contribution is -0.147. The van der Waals surface area contributed by atoms with Crippen LogP contribution in [-0.4, -0.2) is 5.97 Å². The van der Waals surface area contributed by atoms with Crippen molar-refractivity contribution in [3.05, 3.63) is 47.0 Å². The second kappa shape index (κ2) is 6.05. The number of benzene rings is 1. The molecule has 0 heterocycles. The van der Waals surface area contributed by atoms with Crippen molar-refractivity contribution >= 4 is 5.97 Å². The summed E-state index contributed by atoms with van der Waals surface area (Å²) in [7, 11) is 0. The summed E-state index contributed by atoms with van der Waals surface area (Å²) in [6, 6.07) is 8.27. The molecule has 21 heavy (non-hydrogen) atoms. The van der Waals surface area contributed by atoms with Gasteiger partial charge in [0.1, 0.15) is 6.61 Å². The number of hydrogen-bond acceptors (Lipinski definition) is 2. The van der Waals surface area contributed by atoms with E-state index >= 15 is 0 Å². The van der Waals surface area contributed by atoms with Crippen molar-refractivity contribution in [3.63, 3.8) is 0 Å². The predicted octanol–water partition coefficient (Wildman–Crippen LogP) is 4.53. The summed E-state index contributed by atoms with van der Waals surface area (Å²) in [5, 5.41) is 0. The molecule has 0 amide bonds. The Morgan fingerprint density at radius 1 is 1.19 bits per heavy atom. The number of esters is 1. The molecule has 2 atom stereocenters. The van der Waals surface area contributed by atoms with Crippen LogP contribution in [0.2, 0.25) is 0 Å². The lowest BCUT2D eigenvalue weighted by Gasteiger charge is -2.06. The van der Waals surface area contributed by atoms with Crippen LogP contribution in [0.25, 0.3) is 0 Å². The first kappa shape index (κ1) is 15.8. The first-order valence-corrected chi connectivity index (χ1v) is 7.75. The Labute approximate surface area is 128 Å². The molecular weight excluding hydrogens is 260 g/mol. The van der Waals surface area contributed by atoms with Crippen molar-refractivity contribution in [1.29, 1.82) is 0 Å². The number of allylic oxidation sites excluding steroid dienone is 2. The number of hydrogen-bond donors (Lipinski definition) is 0. The summed E-state index contributed by atoms with van der Waals surface area (Å²) < 4.78 is 5.50. The molecule has 2 heteroatoms. The van der Waals surface area contributed by atoms with E-state index in [0.29, 0.717) is 12.5 Å². The molecule has 1 aromatic carbocycles. The molecule has 114 valence electrons. The highest BCUT2D eigenvalue weighted by atomic mass is 16.5. The molecule has 2 unspecified atom stereocenters. The molecule has 0 saturated heterocycles. The van der Waals surface area contributed by atoms with E-state index in [2.05, 4.69) is 52.8 Å². The Kier molecular flexibility index (Phi) is 4.55. The number of rotatable bonds is 5. The lowest BCUT2D eigenvalue weighted by atomic mass is 10.1. The van der Waals surface area contributed by atoms with Crippen molar-refractivity contribution < 1.29 is 9.53 Å². The minimum atomic E-state index is -0.0675. The average Bonchev–Trinajstić information content (AvgIpc) is 2.97. The molecule has 1 saturated carbocycles. The van der Waals surface area contributed by atoms with Gasteiger partial charge >= 0.3 is 5.97 Å². The van der Waals surface area contributed by atoms with E-state index in [9.17, 15) is 4.79 Å². The number of carbonyl (C=O) groups excluding carboxylic acids is 1. The van der Waals surface area contributed by atoms with E-state index < -0.39 is 0 Å². The van der Waals surface area contributed by atoms with E-state index in [-0.39, 0.29) is 17.3 Å². The molecule has 2 rings (SSSR count). The minimum Gasteiger partial charge on any atom is -0.461 e. The van der Waals surface area contributed by atoms with E-state index in [1.165, 1.54) is 11.1 Å². The largest absolute Gasteiger partial charge is 0.461 e. The molecule has 0 spiro atoms. The van der Waals surface area contributed by atoms with Crippen LogP contribution in [0.3, 0.4) is 0 Å². The summed E-state index contributed by atoms with van der Waals surface area (Å²) in [5.41, 5.74) is 3.65. The number of aryl methyl sites for hydroxylation is 1. The molecule has 0 aromatic heterocycles. The van der Waals surface area contributed by atoms with Crippen molar-refractivity contribution in [3.8, 4) is 0 Å². The maximum Gasteiger partial charge on any atom is 0.310 e.